The van der Waals surface area contributed by atoms with Crippen LogP contribution in [0.15, 0.2) is 0 Å². The minimum absolute atomic E-state index is 0.135. The van der Waals surface area contributed by atoms with Gasteiger partial charge in [0.25, 0.3) is 0 Å². The molecular formula is C17H34N2O. The molecule has 0 spiro atoms. The molecule has 0 bridgehead atoms. The number of hydrogen-bond donors (Lipinski definition) is 2. The average molecular weight is 282 g/mol. The van der Waals surface area contributed by atoms with Crippen LogP contribution < -0.4 is 5.32 Å². The second-order valence-electron chi connectivity index (χ2n) is 7.35. The normalized spacial score (nSPS) is 31.1. The highest BCUT2D eigenvalue weighted by Crippen LogP contribution is 2.26. The van der Waals surface area contributed by atoms with Gasteiger partial charge in [0.2, 0.25) is 0 Å². The molecule has 0 aromatic carbocycles. The lowest BCUT2D eigenvalue weighted by molar-refractivity contribution is 0.0617. The van der Waals surface area contributed by atoms with Crippen LogP contribution in [-0.2, 0) is 0 Å². The van der Waals surface area contributed by atoms with Gasteiger partial charge >= 0.3 is 0 Å². The van der Waals surface area contributed by atoms with E-state index in [4.69, 9.17) is 0 Å². The van der Waals surface area contributed by atoms with Crippen molar-refractivity contribution < 1.29 is 5.11 Å². The van der Waals surface area contributed by atoms with Crippen molar-refractivity contribution in [3.8, 4) is 0 Å². The molecule has 1 saturated heterocycles. The van der Waals surface area contributed by atoms with Gasteiger partial charge in [-0.15, -0.1) is 0 Å². The van der Waals surface area contributed by atoms with Gasteiger partial charge in [-0.05, 0) is 44.1 Å². The molecular weight excluding hydrogens is 248 g/mol. The lowest BCUT2D eigenvalue weighted by Crippen LogP contribution is -2.51. The predicted molar refractivity (Wildman–Crippen MR) is 84.9 cm³/mol. The second kappa shape index (κ2) is 7.77. The molecule has 0 amide bonds. The molecule has 2 fully saturated rings. The van der Waals surface area contributed by atoms with E-state index < -0.39 is 0 Å². The van der Waals surface area contributed by atoms with Crippen LogP contribution in [-0.4, -0.2) is 47.8 Å². The van der Waals surface area contributed by atoms with Gasteiger partial charge in [0.15, 0.2) is 0 Å². The Balaban J connectivity index is 1.85. The number of rotatable bonds is 6. The van der Waals surface area contributed by atoms with Crippen LogP contribution in [0, 0.1) is 11.8 Å². The van der Waals surface area contributed by atoms with Crippen LogP contribution in [0.4, 0.5) is 0 Å². The number of likely N-dealkylation sites (N-methyl/N-ethyl adjacent to an activating group) is 1. The molecule has 0 radical (unpaired) electrons. The first kappa shape index (κ1) is 16.3. The Labute approximate surface area is 125 Å². The number of piperidine rings is 1. The molecule has 3 unspecified atom stereocenters. The first-order valence-electron chi connectivity index (χ1n) is 8.75. The number of aliphatic hydroxyl groups excluding tert-OH is 1. The number of nitrogens with one attached hydrogen (secondary N) is 1. The summed E-state index contributed by atoms with van der Waals surface area (Å²) in [4.78, 5) is 2.56. The first-order chi connectivity index (χ1) is 9.58. The molecule has 3 heteroatoms. The molecule has 2 rings (SSSR count). The Morgan fingerprint density at radius 1 is 1.15 bits per heavy atom. The Morgan fingerprint density at radius 2 is 1.85 bits per heavy atom. The van der Waals surface area contributed by atoms with Crippen LogP contribution in [0.1, 0.15) is 59.3 Å². The van der Waals surface area contributed by atoms with E-state index in [1.807, 2.05) is 0 Å². The van der Waals surface area contributed by atoms with Crippen LogP contribution >= 0.6 is 0 Å². The zero-order chi connectivity index (χ0) is 14.5. The Morgan fingerprint density at radius 3 is 2.45 bits per heavy atom. The van der Waals surface area contributed by atoms with E-state index in [9.17, 15) is 5.11 Å². The largest absolute Gasteiger partial charge is 0.393 e. The summed E-state index contributed by atoms with van der Waals surface area (Å²) in [5.74, 6) is 1.04. The predicted octanol–water partition coefficient (Wildman–Crippen LogP) is 2.64. The molecule has 2 N–H and O–H groups in total. The van der Waals surface area contributed by atoms with Gasteiger partial charge in [0, 0.05) is 25.2 Å². The van der Waals surface area contributed by atoms with Crippen LogP contribution in [0.5, 0.6) is 0 Å². The summed E-state index contributed by atoms with van der Waals surface area (Å²) in [7, 11) is 0. The maximum absolute atomic E-state index is 10.2. The summed E-state index contributed by atoms with van der Waals surface area (Å²) in [6.45, 7) is 10.0. The van der Waals surface area contributed by atoms with Crippen LogP contribution in [0.25, 0.3) is 0 Å². The van der Waals surface area contributed by atoms with E-state index in [1.54, 1.807) is 0 Å². The number of likely N-dealkylation sites (tertiary alicyclic amines) is 1. The average Bonchev–Trinajstić information content (AvgIpc) is 2.91. The summed E-state index contributed by atoms with van der Waals surface area (Å²) in [5.41, 5.74) is 0. The minimum Gasteiger partial charge on any atom is -0.393 e. The second-order valence-corrected chi connectivity index (χ2v) is 7.35. The fourth-order valence-electron chi connectivity index (χ4n) is 3.89. The number of nitrogens with zero attached hydrogens (tertiary/aromatic N) is 1. The third-order valence-electron chi connectivity index (χ3n) is 5.23. The van der Waals surface area contributed by atoms with Crippen LogP contribution in [0.2, 0.25) is 0 Å². The van der Waals surface area contributed by atoms with E-state index in [-0.39, 0.29) is 6.10 Å². The minimum atomic E-state index is -0.135. The fraction of sp³-hybridized carbons (Fsp3) is 1.00. The van der Waals surface area contributed by atoms with Gasteiger partial charge in [0.1, 0.15) is 0 Å². The molecule has 3 atom stereocenters. The molecule has 1 heterocycles. The highest BCUT2D eigenvalue weighted by molar-refractivity contribution is 4.87. The smallest absolute Gasteiger partial charge is 0.0566 e. The maximum atomic E-state index is 10.2. The van der Waals surface area contributed by atoms with Gasteiger partial charge < -0.3 is 15.3 Å². The Bertz CT molecular complexity index is 264. The highest BCUT2D eigenvalue weighted by atomic mass is 16.3. The molecule has 3 nitrogen and oxygen atoms in total. The van der Waals surface area contributed by atoms with Crippen molar-refractivity contribution in [2.75, 3.05) is 19.6 Å². The summed E-state index contributed by atoms with van der Waals surface area (Å²) in [6.07, 6.45) is 7.61. The van der Waals surface area contributed by atoms with Gasteiger partial charge in [-0.25, -0.2) is 0 Å². The van der Waals surface area contributed by atoms with E-state index >= 15 is 0 Å². The molecule has 1 aliphatic heterocycles. The standard InChI is InChI=1S/C17H34N2O/c1-4-19-11-14(10-17(20)13(2)3)9-16(12-19)18-15-7-5-6-8-15/h13-18,20H,4-12H2,1-3H3. The van der Waals surface area contributed by atoms with Crippen LogP contribution in [0.3, 0.4) is 0 Å². The quantitative estimate of drug-likeness (QED) is 0.786. The number of aliphatic hydroxyl groups is 1. The van der Waals surface area contributed by atoms with Crippen molar-refractivity contribution in [3.05, 3.63) is 0 Å². The molecule has 1 saturated carbocycles. The van der Waals surface area contributed by atoms with E-state index in [0.29, 0.717) is 17.9 Å². The van der Waals surface area contributed by atoms with E-state index in [2.05, 4.69) is 31.0 Å². The molecule has 0 aromatic rings. The summed E-state index contributed by atoms with van der Waals surface area (Å²) in [5, 5.41) is 14.1. The van der Waals surface area contributed by atoms with Crippen molar-refractivity contribution >= 4 is 0 Å². The van der Waals surface area contributed by atoms with Crippen molar-refractivity contribution in [3.63, 3.8) is 0 Å². The molecule has 118 valence electrons. The van der Waals surface area contributed by atoms with Gasteiger partial charge in [-0.2, -0.15) is 0 Å². The van der Waals surface area contributed by atoms with Crippen molar-refractivity contribution in [1.29, 1.82) is 0 Å². The maximum Gasteiger partial charge on any atom is 0.0566 e. The zero-order valence-electron chi connectivity index (χ0n) is 13.6. The molecule has 20 heavy (non-hydrogen) atoms. The van der Waals surface area contributed by atoms with E-state index in [1.165, 1.54) is 45.2 Å². The van der Waals surface area contributed by atoms with Gasteiger partial charge in [0.05, 0.1) is 6.10 Å². The topological polar surface area (TPSA) is 35.5 Å². The summed E-state index contributed by atoms with van der Waals surface area (Å²) in [6, 6.07) is 1.39. The highest BCUT2D eigenvalue weighted by Gasteiger charge is 2.30. The summed E-state index contributed by atoms with van der Waals surface area (Å²) < 4.78 is 0. The Kier molecular flexibility index (Phi) is 6.31. The van der Waals surface area contributed by atoms with Gasteiger partial charge in [-0.1, -0.05) is 33.6 Å². The molecule has 0 aromatic heterocycles. The Hall–Kier alpha value is -0.120. The van der Waals surface area contributed by atoms with Crippen molar-refractivity contribution in [1.82, 2.24) is 10.2 Å². The van der Waals surface area contributed by atoms with Gasteiger partial charge in [-0.3, -0.25) is 0 Å². The third-order valence-corrected chi connectivity index (χ3v) is 5.23. The monoisotopic (exact) mass is 282 g/mol. The van der Waals surface area contributed by atoms with E-state index in [0.717, 1.165) is 19.0 Å². The number of hydrogen-bond acceptors (Lipinski definition) is 3. The summed E-state index contributed by atoms with van der Waals surface area (Å²) >= 11 is 0. The van der Waals surface area contributed by atoms with Crippen molar-refractivity contribution in [2.45, 2.75) is 77.5 Å². The lowest BCUT2D eigenvalue weighted by Gasteiger charge is -2.39. The molecule has 2 aliphatic rings. The molecule has 1 aliphatic carbocycles. The lowest BCUT2D eigenvalue weighted by atomic mass is 9.86. The first-order valence-corrected chi connectivity index (χ1v) is 8.75. The zero-order valence-corrected chi connectivity index (χ0v) is 13.6. The third kappa shape index (κ3) is 4.71. The SMILES string of the molecule is CCN1CC(CC(O)C(C)C)CC(NC2CCCC2)C1. The van der Waals surface area contributed by atoms with Crippen molar-refractivity contribution in [2.24, 2.45) is 11.8 Å². The fourth-order valence-corrected chi connectivity index (χ4v) is 3.89.